The van der Waals surface area contributed by atoms with Gasteiger partial charge in [0.25, 0.3) is 0 Å². The molecule has 0 saturated heterocycles. The molecule has 0 amide bonds. The summed E-state index contributed by atoms with van der Waals surface area (Å²) in [5.41, 5.74) is 1.88. The zero-order chi connectivity index (χ0) is 14.8. The van der Waals surface area contributed by atoms with Crippen molar-refractivity contribution in [2.75, 3.05) is 0 Å². The van der Waals surface area contributed by atoms with Crippen LogP contribution in [-0.4, -0.2) is 5.11 Å². The summed E-state index contributed by atoms with van der Waals surface area (Å²) >= 11 is 9.74. The summed E-state index contributed by atoms with van der Waals surface area (Å²) in [6, 6.07) is 19.6. The molecule has 1 N–H and O–H groups in total. The highest BCUT2D eigenvalue weighted by molar-refractivity contribution is 9.10. The molecule has 0 spiro atoms. The van der Waals surface area contributed by atoms with Crippen LogP contribution in [0.5, 0.6) is 0 Å². The van der Waals surface area contributed by atoms with Crippen LogP contribution in [-0.2, 0) is 6.42 Å². The highest BCUT2D eigenvalue weighted by atomic mass is 79.9. The van der Waals surface area contributed by atoms with Gasteiger partial charge in [-0.05, 0) is 34.0 Å². The number of hydrogen-bond donors (Lipinski definition) is 1. The van der Waals surface area contributed by atoms with Crippen molar-refractivity contribution < 1.29 is 5.11 Å². The first-order valence-electron chi connectivity index (χ1n) is 6.75. The van der Waals surface area contributed by atoms with E-state index in [0.29, 0.717) is 11.4 Å². The van der Waals surface area contributed by atoms with Crippen LogP contribution in [0.1, 0.15) is 17.2 Å². The molecule has 0 bridgehead atoms. The smallest absolute Gasteiger partial charge is 0.0836 e. The molecule has 0 saturated carbocycles. The lowest BCUT2D eigenvalue weighted by molar-refractivity contribution is 0.180. The van der Waals surface area contributed by atoms with Gasteiger partial charge in [0, 0.05) is 15.9 Å². The number of benzene rings is 3. The lowest BCUT2D eigenvalue weighted by atomic mass is 9.96. The maximum Gasteiger partial charge on any atom is 0.0836 e. The lowest BCUT2D eigenvalue weighted by Gasteiger charge is -2.15. The first kappa shape index (κ1) is 14.6. The van der Waals surface area contributed by atoms with Crippen LogP contribution in [0.3, 0.4) is 0 Å². The van der Waals surface area contributed by atoms with E-state index >= 15 is 0 Å². The summed E-state index contributed by atoms with van der Waals surface area (Å²) in [5, 5.41) is 13.5. The zero-order valence-electron chi connectivity index (χ0n) is 11.3. The molecule has 0 heterocycles. The molecule has 3 aromatic carbocycles. The van der Waals surface area contributed by atoms with Gasteiger partial charge in [0.15, 0.2) is 0 Å². The van der Waals surface area contributed by atoms with Crippen molar-refractivity contribution >= 4 is 38.3 Å². The quantitative estimate of drug-likeness (QED) is 0.650. The molecule has 3 heteroatoms. The van der Waals surface area contributed by atoms with Crippen molar-refractivity contribution in [1.29, 1.82) is 0 Å². The summed E-state index contributed by atoms with van der Waals surface area (Å²) in [4.78, 5) is 0. The van der Waals surface area contributed by atoms with Gasteiger partial charge < -0.3 is 5.11 Å². The third-order valence-corrected chi connectivity index (χ3v) is 4.69. The molecule has 1 atom stereocenters. The summed E-state index contributed by atoms with van der Waals surface area (Å²) in [6.45, 7) is 0. The van der Waals surface area contributed by atoms with E-state index in [9.17, 15) is 5.11 Å². The van der Waals surface area contributed by atoms with Crippen LogP contribution < -0.4 is 0 Å². The molecule has 0 fully saturated rings. The van der Waals surface area contributed by atoms with Crippen molar-refractivity contribution in [1.82, 2.24) is 0 Å². The van der Waals surface area contributed by atoms with E-state index in [0.717, 1.165) is 26.4 Å². The van der Waals surface area contributed by atoms with Crippen molar-refractivity contribution in [2.24, 2.45) is 0 Å². The molecule has 0 radical (unpaired) electrons. The fourth-order valence-electron chi connectivity index (χ4n) is 2.56. The van der Waals surface area contributed by atoms with Crippen LogP contribution in [0.25, 0.3) is 10.8 Å². The second-order valence-corrected chi connectivity index (χ2v) is 6.26. The summed E-state index contributed by atoms with van der Waals surface area (Å²) < 4.78 is 1.03. The Morgan fingerprint density at radius 2 is 1.57 bits per heavy atom. The van der Waals surface area contributed by atoms with Gasteiger partial charge in [-0.3, -0.25) is 0 Å². The number of hydrogen-bond acceptors (Lipinski definition) is 1. The van der Waals surface area contributed by atoms with Crippen molar-refractivity contribution in [3.05, 3.63) is 81.3 Å². The van der Waals surface area contributed by atoms with Crippen LogP contribution >= 0.6 is 27.5 Å². The number of aliphatic hydroxyl groups is 1. The summed E-state index contributed by atoms with van der Waals surface area (Å²) in [7, 11) is 0. The number of rotatable bonds is 3. The molecular weight excluding hydrogens is 348 g/mol. The molecule has 0 aliphatic heterocycles. The Bertz CT molecular complexity index is 785. The average Bonchev–Trinajstić information content (AvgIpc) is 2.50. The highest BCUT2D eigenvalue weighted by Crippen LogP contribution is 2.32. The van der Waals surface area contributed by atoms with Gasteiger partial charge >= 0.3 is 0 Å². The van der Waals surface area contributed by atoms with Crippen LogP contribution in [0.2, 0.25) is 5.02 Å². The Hall–Kier alpha value is -1.35. The molecule has 0 aromatic heterocycles. The Morgan fingerprint density at radius 1 is 0.905 bits per heavy atom. The van der Waals surface area contributed by atoms with Crippen LogP contribution in [0.15, 0.2) is 65.1 Å². The second-order valence-electron chi connectivity index (χ2n) is 4.99. The molecule has 0 aliphatic rings. The zero-order valence-corrected chi connectivity index (χ0v) is 13.6. The van der Waals surface area contributed by atoms with Crippen LogP contribution in [0.4, 0.5) is 0 Å². The standard InChI is InChI=1S/C18H14BrClO/c19-16-10-9-15(13-6-2-3-7-14(13)16)18(21)11-12-5-1-4-8-17(12)20/h1-10,18,21H,11H2. The predicted molar refractivity (Wildman–Crippen MR) is 91.8 cm³/mol. The van der Waals surface area contributed by atoms with Crippen molar-refractivity contribution in [2.45, 2.75) is 12.5 Å². The summed E-state index contributed by atoms with van der Waals surface area (Å²) in [6.07, 6.45) is -0.0754. The van der Waals surface area contributed by atoms with E-state index in [1.165, 1.54) is 0 Å². The normalized spacial score (nSPS) is 12.5. The van der Waals surface area contributed by atoms with Gasteiger partial charge in [-0.2, -0.15) is 0 Å². The molecule has 1 nitrogen and oxygen atoms in total. The third kappa shape index (κ3) is 2.98. The van der Waals surface area contributed by atoms with Gasteiger partial charge in [0.1, 0.15) is 0 Å². The molecule has 3 aromatic rings. The minimum atomic E-state index is -0.581. The van der Waals surface area contributed by atoms with Crippen molar-refractivity contribution in [3.8, 4) is 0 Å². The second kappa shape index (κ2) is 6.18. The molecule has 106 valence electrons. The van der Waals surface area contributed by atoms with E-state index in [1.54, 1.807) is 0 Å². The molecular formula is C18H14BrClO. The Balaban J connectivity index is 2.01. The SMILES string of the molecule is OC(Cc1ccccc1Cl)c1ccc(Br)c2ccccc12. The van der Waals surface area contributed by atoms with E-state index in [4.69, 9.17) is 11.6 Å². The van der Waals surface area contributed by atoms with E-state index < -0.39 is 6.10 Å². The number of fused-ring (bicyclic) bond motifs is 1. The third-order valence-electron chi connectivity index (χ3n) is 3.63. The maximum atomic E-state index is 10.6. The van der Waals surface area contributed by atoms with E-state index in [-0.39, 0.29) is 0 Å². The monoisotopic (exact) mass is 360 g/mol. The predicted octanol–water partition coefficient (Wildman–Crippen LogP) is 5.53. The largest absolute Gasteiger partial charge is 0.388 e. The van der Waals surface area contributed by atoms with Gasteiger partial charge in [-0.15, -0.1) is 0 Å². The Kier molecular flexibility index (Phi) is 4.29. The minimum Gasteiger partial charge on any atom is -0.388 e. The number of halogens is 2. The molecule has 21 heavy (non-hydrogen) atoms. The molecule has 1 unspecified atom stereocenters. The number of aliphatic hydroxyl groups excluding tert-OH is 1. The average molecular weight is 362 g/mol. The summed E-state index contributed by atoms with van der Waals surface area (Å²) in [5.74, 6) is 0. The fraction of sp³-hybridized carbons (Fsp3) is 0.111. The van der Waals surface area contributed by atoms with Crippen molar-refractivity contribution in [3.63, 3.8) is 0 Å². The topological polar surface area (TPSA) is 20.2 Å². The first-order valence-corrected chi connectivity index (χ1v) is 7.92. The van der Waals surface area contributed by atoms with Gasteiger partial charge in [-0.1, -0.05) is 76.1 Å². The lowest BCUT2D eigenvalue weighted by Crippen LogP contribution is -2.03. The highest BCUT2D eigenvalue weighted by Gasteiger charge is 2.14. The first-order chi connectivity index (χ1) is 10.2. The Labute approximate surface area is 137 Å². The fourth-order valence-corrected chi connectivity index (χ4v) is 3.25. The van der Waals surface area contributed by atoms with E-state index in [1.807, 2.05) is 60.7 Å². The van der Waals surface area contributed by atoms with Crippen LogP contribution in [0, 0.1) is 0 Å². The molecule has 3 rings (SSSR count). The minimum absolute atomic E-state index is 0.505. The van der Waals surface area contributed by atoms with E-state index in [2.05, 4.69) is 15.9 Å². The molecule has 0 aliphatic carbocycles. The van der Waals surface area contributed by atoms with Gasteiger partial charge in [0.2, 0.25) is 0 Å². The van der Waals surface area contributed by atoms with Gasteiger partial charge in [0.05, 0.1) is 6.10 Å². The van der Waals surface area contributed by atoms with Gasteiger partial charge in [-0.25, -0.2) is 0 Å². The Morgan fingerprint density at radius 3 is 2.33 bits per heavy atom. The maximum absolute atomic E-state index is 10.6.